The number of aliphatic carboxylic acids is 1. The molecule has 112 valence electrons. The van der Waals surface area contributed by atoms with Gasteiger partial charge in [0.15, 0.2) is 6.04 Å². The van der Waals surface area contributed by atoms with Crippen molar-refractivity contribution >= 4 is 33.7 Å². The topological polar surface area (TPSA) is 86.7 Å². The molecule has 21 heavy (non-hydrogen) atoms. The maximum atomic E-state index is 12.1. The van der Waals surface area contributed by atoms with E-state index in [4.69, 9.17) is 0 Å². The zero-order valence-electron chi connectivity index (χ0n) is 11.4. The Balaban J connectivity index is 2.10. The third-order valence-electron chi connectivity index (χ3n) is 3.45. The van der Waals surface area contributed by atoms with Gasteiger partial charge >= 0.3 is 5.97 Å². The molecule has 0 bridgehead atoms. The summed E-state index contributed by atoms with van der Waals surface area (Å²) >= 11 is 3.27. The molecule has 0 aromatic heterocycles. The van der Waals surface area contributed by atoms with E-state index < -0.39 is 23.8 Å². The second-order valence-corrected chi connectivity index (χ2v) is 5.92. The van der Waals surface area contributed by atoms with Crippen LogP contribution in [-0.4, -0.2) is 41.4 Å². The van der Waals surface area contributed by atoms with E-state index in [1.165, 1.54) is 4.90 Å². The van der Waals surface area contributed by atoms with Crippen LogP contribution in [0.3, 0.4) is 0 Å². The van der Waals surface area contributed by atoms with Gasteiger partial charge in [0.1, 0.15) is 0 Å². The van der Waals surface area contributed by atoms with E-state index in [-0.39, 0.29) is 12.3 Å². The normalized spacial score (nSPS) is 19.4. The smallest absolute Gasteiger partial charge is 0.330 e. The van der Waals surface area contributed by atoms with Crippen LogP contribution in [0.2, 0.25) is 0 Å². The number of benzene rings is 1. The second-order valence-electron chi connectivity index (χ2n) is 5.01. The molecule has 2 amide bonds. The first-order chi connectivity index (χ1) is 9.88. The molecule has 7 heteroatoms. The molecule has 1 aliphatic heterocycles. The summed E-state index contributed by atoms with van der Waals surface area (Å²) in [4.78, 5) is 36.4. The lowest BCUT2D eigenvalue weighted by Crippen LogP contribution is -2.38. The van der Waals surface area contributed by atoms with Gasteiger partial charge in [-0.05, 0) is 17.7 Å². The van der Waals surface area contributed by atoms with E-state index in [2.05, 4.69) is 21.2 Å². The Morgan fingerprint density at radius 2 is 2.00 bits per heavy atom. The summed E-state index contributed by atoms with van der Waals surface area (Å²) in [6.07, 6.45) is 0.120. The van der Waals surface area contributed by atoms with Crippen LogP contribution in [0.5, 0.6) is 0 Å². The van der Waals surface area contributed by atoms with Crippen molar-refractivity contribution in [3.63, 3.8) is 0 Å². The summed E-state index contributed by atoms with van der Waals surface area (Å²) in [7, 11) is 1.62. The Labute approximate surface area is 130 Å². The maximum Gasteiger partial charge on any atom is 0.330 e. The number of nitrogens with one attached hydrogen (secondary N) is 1. The van der Waals surface area contributed by atoms with Gasteiger partial charge in [-0.2, -0.15) is 0 Å². The Morgan fingerprint density at radius 1 is 1.38 bits per heavy atom. The van der Waals surface area contributed by atoms with Gasteiger partial charge < -0.3 is 15.3 Å². The number of carboxylic acid groups (broad SMARTS) is 1. The molecule has 1 aliphatic rings. The SMILES string of the molecule is CN1CC(C(=O)NC(C(=O)O)c2ccc(Br)cc2)CC1=O. The van der Waals surface area contributed by atoms with Crippen LogP contribution in [-0.2, 0) is 14.4 Å². The molecule has 2 N–H and O–H groups in total. The first-order valence-corrected chi connectivity index (χ1v) is 7.20. The van der Waals surface area contributed by atoms with E-state index in [1.54, 1.807) is 31.3 Å². The summed E-state index contributed by atoms with van der Waals surface area (Å²) in [5.41, 5.74) is 0.483. The number of carboxylic acids is 1. The number of amides is 2. The van der Waals surface area contributed by atoms with Crippen molar-refractivity contribution in [2.24, 2.45) is 5.92 Å². The van der Waals surface area contributed by atoms with Crippen LogP contribution in [0, 0.1) is 5.92 Å². The Hall–Kier alpha value is -1.89. The summed E-state index contributed by atoms with van der Waals surface area (Å²) in [5.74, 6) is -2.16. The number of carbonyl (C=O) groups excluding carboxylic acids is 2. The van der Waals surface area contributed by atoms with Crippen LogP contribution in [0.4, 0.5) is 0 Å². The summed E-state index contributed by atoms with van der Waals surface area (Å²) in [6, 6.07) is 5.57. The van der Waals surface area contributed by atoms with Crippen molar-refractivity contribution in [2.75, 3.05) is 13.6 Å². The molecule has 1 fully saturated rings. The minimum Gasteiger partial charge on any atom is -0.479 e. The standard InChI is InChI=1S/C14H15BrN2O4/c1-17-7-9(6-11(17)18)13(19)16-12(14(20)21)8-2-4-10(15)5-3-8/h2-5,9,12H,6-7H2,1H3,(H,16,19)(H,20,21). The van der Waals surface area contributed by atoms with E-state index in [0.717, 1.165) is 4.47 Å². The molecule has 1 saturated heterocycles. The van der Waals surface area contributed by atoms with Crippen molar-refractivity contribution in [3.05, 3.63) is 34.3 Å². The molecule has 1 aromatic rings. The average Bonchev–Trinajstić information content (AvgIpc) is 2.77. The lowest BCUT2D eigenvalue weighted by atomic mass is 10.0. The van der Waals surface area contributed by atoms with Crippen molar-refractivity contribution in [1.82, 2.24) is 10.2 Å². The number of hydrogen-bond acceptors (Lipinski definition) is 3. The zero-order valence-corrected chi connectivity index (χ0v) is 13.0. The minimum absolute atomic E-state index is 0.106. The predicted molar refractivity (Wildman–Crippen MR) is 78.4 cm³/mol. The quantitative estimate of drug-likeness (QED) is 0.849. The molecule has 2 unspecified atom stereocenters. The van der Waals surface area contributed by atoms with Gasteiger partial charge in [0.05, 0.1) is 5.92 Å². The van der Waals surface area contributed by atoms with Crippen molar-refractivity contribution < 1.29 is 19.5 Å². The van der Waals surface area contributed by atoms with Crippen LogP contribution in [0.1, 0.15) is 18.0 Å². The summed E-state index contributed by atoms with van der Waals surface area (Å²) < 4.78 is 0.824. The lowest BCUT2D eigenvalue weighted by Gasteiger charge is -2.17. The van der Waals surface area contributed by atoms with Crippen LogP contribution < -0.4 is 5.32 Å². The Morgan fingerprint density at radius 3 is 2.48 bits per heavy atom. The maximum absolute atomic E-state index is 12.1. The minimum atomic E-state index is -1.14. The third-order valence-corrected chi connectivity index (χ3v) is 3.98. The summed E-state index contributed by atoms with van der Waals surface area (Å²) in [5, 5.41) is 11.8. The van der Waals surface area contributed by atoms with Gasteiger partial charge in [-0.15, -0.1) is 0 Å². The van der Waals surface area contributed by atoms with Crippen LogP contribution in [0.15, 0.2) is 28.7 Å². The van der Waals surface area contributed by atoms with Crippen molar-refractivity contribution in [1.29, 1.82) is 0 Å². The second kappa shape index (κ2) is 6.26. The number of nitrogens with zero attached hydrogens (tertiary/aromatic N) is 1. The fourth-order valence-electron chi connectivity index (χ4n) is 2.24. The third kappa shape index (κ3) is 3.60. The Bertz CT molecular complexity index is 573. The molecule has 6 nitrogen and oxygen atoms in total. The number of halogens is 1. The van der Waals surface area contributed by atoms with Gasteiger partial charge in [-0.1, -0.05) is 28.1 Å². The fraction of sp³-hybridized carbons (Fsp3) is 0.357. The molecule has 2 atom stereocenters. The Kier molecular flexibility index (Phi) is 4.62. The number of carbonyl (C=O) groups is 3. The largest absolute Gasteiger partial charge is 0.479 e. The fourth-order valence-corrected chi connectivity index (χ4v) is 2.51. The molecule has 2 rings (SSSR count). The zero-order chi connectivity index (χ0) is 15.6. The van der Waals surface area contributed by atoms with Gasteiger partial charge in [0, 0.05) is 24.5 Å². The highest BCUT2D eigenvalue weighted by Gasteiger charge is 2.34. The van der Waals surface area contributed by atoms with E-state index in [9.17, 15) is 19.5 Å². The van der Waals surface area contributed by atoms with E-state index in [0.29, 0.717) is 12.1 Å². The lowest BCUT2D eigenvalue weighted by molar-refractivity contribution is -0.142. The molecule has 0 aliphatic carbocycles. The summed E-state index contributed by atoms with van der Waals surface area (Å²) in [6.45, 7) is 0.317. The molecule has 1 aromatic carbocycles. The average molecular weight is 355 g/mol. The van der Waals surface area contributed by atoms with Gasteiger partial charge in [-0.25, -0.2) is 4.79 Å². The number of likely N-dealkylation sites (tertiary alicyclic amines) is 1. The molecule has 1 heterocycles. The van der Waals surface area contributed by atoms with Gasteiger partial charge in [0.25, 0.3) is 0 Å². The van der Waals surface area contributed by atoms with Crippen molar-refractivity contribution in [2.45, 2.75) is 12.5 Å². The van der Waals surface area contributed by atoms with Crippen molar-refractivity contribution in [3.8, 4) is 0 Å². The molecule has 0 saturated carbocycles. The monoisotopic (exact) mass is 354 g/mol. The van der Waals surface area contributed by atoms with Crippen LogP contribution in [0.25, 0.3) is 0 Å². The number of hydrogen-bond donors (Lipinski definition) is 2. The highest BCUT2D eigenvalue weighted by Crippen LogP contribution is 2.20. The predicted octanol–water partition coefficient (Wildman–Crippen LogP) is 1.17. The van der Waals surface area contributed by atoms with Crippen LogP contribution >= 0.6 is 15.9 Å². The van der Waals surface area contributed by atoms with E-state index >= 15 is 0 Å². The molecule has 0 radical (unpaired) electrons. The first-order valence-electron chi connectivity index (χ1n) is 6.41. The van der Waals surface area contributed by atoms with E-state index in [1.807, 2.05) is 0 Å². The molecule has 0 spiro atoms. The number of rotatable bonds is 4. The highest BCUT2D eigenvalue weighted by atomic mass is 79.9. The van der Waals surface area contributed by atoms with Gasteiger partial charge in [-0.3, -0.25) is 9.59 Å². The molecular weight excluding hydrogens is 340 g/mol. The highest BCUT2D eigenvalue weighted by molar-refractivity contribution is 9.10. The first kappa shape index (κ1) is 15.5. The molecular formula is C14H15BrN2O4. The van der Waals surface area contributed by atoms with Gasteiger partial charge in [0.2, 0.25) is 11.8 Å².